The Morgan fingerprint density at radius 3 is 2.72 bits per heavy atom. The number of nitro benzene ring substituents is 1. The second kappa shape index (κ2) is 5.93. The second-order valence-corrected chi connectivity index (χ2v) is 4.84. The van der Waals surface area contributed by atoms with Gasteiger partial charge in [-0.2, -0.15) is 0 Å². The molecule has 98 valence electrons. The van der Waals surface area contributed by atoms with Gasteiger partial charge in [0.1, 0.15) is 0 Å². The summed E-state index contributed by atoms with van der Waals surface area (Å²) in [7, 11) is 2.12. The Morgan fingerprint density at radius 1 is 1.39 bits per heavy atom. The minimum atomic E-state index is -0.314. The Hall–Kier alpha value is -1.46. The van der Waals surface area contributed by atoms with Crippen LogP contribution in [-0.2, 0) is 6.54 Å². The summed E-state index contributed by atoms with van der Waals surface area (Å²) in [5.41, 5.74) is 0.972. The summed E-state index contributed by atoms with van der Waals surface area (Å²) in [6.07, 6.45) is 2.22. The summed E-state index contributed by atoms with van der Waals surface area (Å²) < 4.78 is 0. The number of likely N-dealkylation sites (tertiary alicyclic amines) is 1. The first kappa shape index (κ1) is 13.0. The average Bonchev–Trinajstić information content (AvgIpc) is 2.38. The summed E-state index contributed by atoms with van der Waals surface area (Å²) in [5, 5.41) is 14.3. The van der Waals surface area contributed by atoms with Gasteiger partial charge in [0.15, 0.2) is 0 Å². The molecule has 5 heteroatoms. The van der Waals surface area contributed by atoms with E-state index in [2.05, 4.69) is 17.3 Å². The highest BCUT2D eigenvalue weighted by molar-refractivity contribution is 5.39. The van der Waals surface area contributed by atoms with Crippen molar-refractivity contribution in [1.29, 1.82) is 0 Å². The molecule has 0 unspecified atom stereocenters. The molecule has 0 radical (unpaired) electrons. The fourth-order valence-electron chi connectivity index (χ4n) is 2.31. The standard InChI is InChI=1S/C13H19N3O2/c1-15-8-6-12(7-9-15)14-10-11-4-2-3-5-13(11)16(17)18/h2-5,12,14H,6-10H2,1H3. The third-order valence-electron chi connectivity index (χ3n) is 3.49. The first-order valence-electron chi connectivity index (χ1n) is 6.31. The quantitative estimate of drug-likeness (QED) is 0.652. The molecule has 1 aliphatic rings. The minimum absolute atomic E-state index is 0.206. The Balaban J connectivity index is 1.92. The zero-order chi connectivity index (χ0) is 13.0. The number of hydrogen-bond donors (Lipinski definition) is 1. The molecule has 0 aromatic heterocycles. The Labute approximate surface area is 107 Å². The normalized spacial score (nSPS) is 17.8. The maximum atomic E-state index is 10.9. The molecule has 1 saturated heterocycles. The number of piperidine rings is 1. The first-order valence-corrected chi connectivity index (χ1v) is 6.31. The van der Waals surface area contributed by atoms with E-state index in [1.54, 1.807) is 12.1 Å². The number of rotatable bonds is 4. The summed E-state index contributed by atoms with van der Waals surface area (Å²) in [6.45, 7) is 2.76. The van der Waals surface area contributed by atoms with E-state index in [0.29, 0.717) is 12.6 Å². The summed E-state index contributed by atoms with van der Waals surface area (Å²) in [4.78, 5) is 12.9. The van der Waals surface area contributed by atoms with E-state index in [9.17, 15) is 10.1 Å². The van der Waals surface area contributed by atoms with Gasteiger partial charge in [-0.1, -0.05) is 18.2 Å². The number of nitro groups is 1. The molecule has 1 aromatic carbocycles. The third-order valence-corrected chi connectivity index (χ3v) is 3.49. The van der Waals surface area contributed by atoms with Crippen molar-refractivity contribution >= 4 is 5.69 Å². The zero-order valence-corrected chi connectivity index (χ0v) is 10.6. The van der Waals surface area contributed by atoms with Crippen LogP contribution in [0.2, 0.25) is 0 Å². The van der Waals surface area contributed by atoms with E-state index in [-0.39, 0.29) is 10.6 Å². The average molecular weight is 249 g/mol. The van der Waals surface area contributed by atoms with Gasteiger partial charge in [-0.3, -0.25) is 10.1 Å². The lowest BCUT2D eigenvalue weighted by molar-refractivity contribution is -0.385. The van der Waals surface area contributed by atoms with E-state index in [1.165, 1.54) is 0 Å². The Kier molecular flexibility index (Phi) is 4.28. The van der Waals surface area contributed by atoms with Gasteiger partial charge < -0.3 is 10.2 Å². The number of para-hydroxylation sites is 1. The lowest BCUT2D eigenvalue weighted by Gasteiger charge is -2.29. The van der Waals surface area contributed by atoms with Crippen molar-refractivity contribution in [3.63, 3.8) is 0 Å². The topological polar surface area (TPSA) is 58.4 Å². The van der Waals surface area contributed by atoms with Crippen LogP contribution in [0.4, 0.5) is 5.69 Å². The summed E-state index contributed by atoms with van der Waals surface area (Å²) in [5.74, 6) is 0. The Bertz CT molecular complexity index is 414. The molecule has 5 nitrogen and oxygen atoms in total. The molecule has 18 heavy (non-hydrogen) atoms. The van der Waals surface area contributed by atoms with Crippen molar-refractivity contribution in [3.05, 3.63) is 39.9 Å². The van der Waals surface area contributed by atoms with Gasteiger partial charge in [0.2, 0.25) is 0 Å². The van der Waals surface area contributed by atoms with Crippen molar-refractivity contribution in [2.45, 2.75) is 25.4 Å². The minimum Gasteiger partial charge on any atom is -0.310 e. The molecule has 1 aliphatic heterocycles. The van der Waals surface area contributed by atoms with E-state index in [4.69, 9.17) is 0 Å². The third kappa shape index (κ3) is 3.27. The number of nitrogens with one attached hydrogen (secondary N) is 1. The molecule has 1 aromatic rings. The molecule has 0 aliphatic carbocycles. The predicted molar refractivity (Wildman–Crippen MR) is 70.5 cm³/mol. The van der Waals surface area contributed by atoms with E-state index in [1.807, 2.05) is 12.1 Å². The molecular formula is C13H19N3O2. The van der Waals surface area contributed by atoms with Crippen molar-refractivity contribution in [3.8, 4) is 0 Å². The molecule has 1 fully saturated rings. The van der Waals surface area contributed by atoms with Crippen LogP contribution in [-0.4, -0.2) is 36.0 Å². The molecular weight excluding hydrogens is 230 g/mol. The molecule has 1 N–H and O–H groups in total. The molecule has 0 bridgehead atoms. The SMILES string of the molecule is CN1CCC(NCc2ccccc2[N+](=O)[O-])CC1. The van der Waals surface area contributed by atoms with Crippen LogP contribution in [0.15, 0.2) is 24.3 Å². The summed E-state index contributed by atoms with van der Waals surface area (Å²) >= 11 is 0. The highest BCUT2D eigenvalue weighted by Gasteiger charge is 2.18. The zero-order valence-electron chi connectivity index (χ0n) is 10.6. The van der Waals surface area contributed by atoms with Crippen LogP contribution in [0, 0.1) is 10.1 Å². The highest BCUT2D eigenvalue weighted by Crippen LogP contribution is 2.18. The van der Waals surface area contributed by atoms with Gasteiger partial charge in [-0.25, -0.2) is 0 Å². The van der Waals surface area contributed by atoms with Crippen LogP contribution in [0.5, 0.6) is 0 Å². The van der Waals surface area contributed by atoms with Crippen LogP contribution in [0.25, 0.3) is 0 Å². The number of benzene rings is 1. The molecule has 0 saturated carbocycles. The van der Waals surface area contributed by atoms with Gasteiger partial charge in [0.05, 0.1) is 4.92 Å². The maximum absolute atomic E-state index is 10.9. The molecule has 2 rings (SSSR count). The smallest absolute Gasteiger partial charge is 0.273 e. The monoisotopic (exact) mass is 249 g/mol. The fraction of sp³-hybridized carbons (Fsp3) is 0.538. The van der Waals surface area contributed by atoms with Gasteiger partial charge in [0, 0.05) is 24.2 Å². The predicted octanol–water partition coefficient (Wildman–Crippen LogP) is 1.78. The number of nitrogens with zero attached hydrogens (tertiary/aromatic N) is 2. The molecule has 0 spiro atoms. The van der Waals surface area contributed by atoms with Gasteiger partial charge in [0.25, 0.3) is 5.69 Å². The molecule has 0 atom stereocenters. The largest absolute Gasteiger partial charge is 0.310 e. The van der Waals surface area contributed by atoms with Gasteiger partial charge in [-0.05, 0) is 33.0 Å². The maximum Gasteiger partial charge on any atom is 0.273 e. The van der Waals surface area contributed by atoms with Crippen molar-refractivity contribution < 1.29 is 4.92 Å². The lowest BCUT2D eigenvalue weighted by atomic mass is 10.0. The molecule has 0 amide bonds. The fourth-order valence-corrected chi connectivity index (χ4v) is 2.31. The van der Waals surface area contributed by atoms with Crippen LogP contribution in [0.3, 0.4) is 0 Å². The van der Waals surface area contributed by atoms with Crippen LogP contribution < -0.4 is 5.32 Å². The Morgan fingerprint density at radius 2 is 2.06 bits per heavy atom. The van der Waals surface area contributed by atoms with E-state index < -0.39 is 0 Å². The van der Waals surface area contributed by atoms with E-state index in [0.717, 1.165) is 31.5 Å². The van der Waals surface area contributed by atoms with Crippen molar-refractivity contribution in [2.75, 3.05) is 20.1 Å². The van der Waals surface area contributed by atoms with Gasteiger partial charge >= 0.3 is 0 Å². The second-order valence-electron chi connectivity index (χ2n) is 4.84. The molecule has 1 heterocycles. The summed E-state index contributed by atoms with van der Waals surface area (Å²) in [6, 6.07) is 7.41. The van der Waals surface area contributed by atoms with Crippen LogP contribution in [0.1, 0.15) is 18.4 Å². The van der Waals surface area contributed by atoms with Crippen LogP contribution >= 0.6 is 0 Å². The number of hydrogen-bond acceptors (Lipinski definition) is 4. The van der Waals surface area contributed by atoms with Crippen molar-refractivity contribution in [1.82, 2.24) is 10.2 Å². The van der Waals surface area contributed by atoms with Crippen molar-refractivity contribution in [2.24, 2.45) is 0 Å². The highest BCUT2D eigenvalue weighted by atomic mass is 16.6. The van der Waals surface area contributed by atoms with E-state index >= 15 is 0 Å². The van der Waals surface area contributed by atoms with Gasteiger partial charge in [-0.15, -0.1) is 0 Å². The first-order chi connectivity index (χ1) is 8.66. The lowest BCUT2D eigenvalue weighted by Crippen LogP contribution is -2.40.